The Hall–Kier alpha value is -1.35. The highest BCUT2D eigenvalue weighted by atomic mass is 16.4. The van der Waals surface area contributed by atoms with Gasteiger partial charge in [0.25, 0.3) is 0 Å². The van der Waals surface area contributed by atoms with Crippen molar-refractivity contribution >= 4 is 5.97 Å². The first-order valence-electron chi connectivity index (χ1n) is 5.43. The van der Waals surface area contributed by atoms with Crippen molar-refractivity contribution in [2.24, 2.45) is 0 Å². The van der Waals surface area contributed by atoms with E-state index in [4.69, 9.17) is 5.11 Å². The van der Waals surface area contributed by atoms with Crippen molar-refractivity contribution < 1.29 is 9.90 Å². The minimum atomic E-state index is -0.807. The Morgan fingerprint density at radius 1 is 1.31 bits per heavy atom. The summed E-state index contributed by atoms with van der Waals surface area (Å²) in [7, 11) is 0. The average Bonchev–Trinajstić information content (AvgIpc) is 2.16. The summed E-state index contributed by atoms with van der Waals surface area (Å²) >= 11 is 0. The fourth-order valence-electron chi connectivity index (χ4n) is 1.57. The summed E-state index contributed by atoms with van der Waals surface area (Å²) in [5.41, 5.74) is 0.837. The lowest BCUT2D eigenvalue weighted by Gasteiger charge is -2.26. The van der Waals surface area contributed by atoms with E-state index in [1.54, 1.807) is 0 Å². The number of hydrogen-bond acceptors (Lipinski definition) is 2. The first-order valence-corrected chi connectivity index (χ1v) is 5.43. The fourth-order valence-corrected chi connectivity index (χ4v) is 1.57. The number of rotatable bonds is 4. The Morgan fingerprint density at radius 3 is 2.31 bits per heavy atom. The molecule has 1 atom stereocenters. The maximum atomic E-state index is 11.1. The standard InChI is InChI=1S/C13H19NO2/c1-13(2,3)14-11(12(15)16)9-10-7-5-4-6-8-10/h4-8,11,14H,9H2,1-3H3,(H,15,16)/t11-/m1/s1. The van der Waals surface area contributed by atoms with Crippen LogP contribution in [0.25, 0.3) is 0 Å². The summed E-state index contributed by atoms with van der Waals surface area (Å²) in [5.74, 6) is -0.807. The second-order valence-corrected chi connectivity index (χ2v) is 4.97. The van der Waals surface area contributed by atoms with Gasteiger partial charge in [0.2, 0.25) is 0 Å². The van der Waals surface area contributed by atoms with Gasteiger partial charge in [0, 0.05) is 5.54 Å². The summed E-state index contributed by atoms with van der Waals surface area (Å²) in [6.45, 7) is 5.90. The highest BCUT2D eigenvalue weighted by Gasteiger charge is 2.23. The zero-order valence-corrected chi connectivity index (χ0v) is 10.0. The van der Waals surface area contributed by atoms with E-state index in [2.05, 4.69) is 5.32 Å². The van der Waals surface area contributed by atoms with Gasteiger partial charge in [-0.05, 0) is 32.8 Å². The van der Waals surface area contributed by atoms with Crippen LogP contribution in [0.4, 0.5) is 0 Å². The SMILES string of the molecule is CC(C)(C)N[C@H](Cc1ccccc1)C(=O)O. The van der Waals surface area contributed by atoms with E-state index in [-0.39, 0.29) is 5.54 Å². The van der Waals surface area contributed by atoms with Gasteiger partial charge in [0.05, 0.1) is 0 Å². The molecule has 1 aromatic rings. The zero-order chi connectivity index (χ0) is 12.2. The molecule has 3 heteroatoms. The highest BCUT2D eigenvalue weighted by Crippen LogP contribution is 2.08. The Kier molecular flexibility index (Phi) is 4.07. The summed E-state index contributed by atoms with van der Waals surface area (Å²) in [4.78, 5) is 11.1. The molecule has 0 amide bonds. The van der Waals surface area contributed by atoms with Crippen LogP contribution in [0, 0.1) is 0 Å². The molecule has 0 aromatic heterocycles. The van der Waals surface area contributed by atoms with E-state index < -0.39 is 12.0 Å². The lowest BCUT2D eigenvalue weighted by Crippen LogP contribution is -2.48. The molecule has 0 bridgehead atoms. The van der Waals surface area contributed by atoms with Crippen molar-refractivity contribution in [2.75, 3.05) is 0 Å². The first kappa shape index (κ1) is 12.7. The summed E-state index contributed by atoms with van der Waals surface area (Å²) < 4.78 is 0. The molecule has 0 heterocycles. The van der Waals surface area contributed by atoms with Gasteiger partial charge < -0.3 is 5.11 Å². The van der Waals surface area contributed by atoms with Gasteiger partial charge in [0.15, 0.2) is 0 Å². The third kappa shape index (κ3) is 4.45. The Labute approximate surface area is 96.5 Å². The van der Waals surface area contributed by atoms with Crippen LogP contribution in [0.5, 0.6) is 0 Å². The topological polar surface area (TPSA) is 49.3 Å². The zero-order valence-electron chi connectivity index (χ0n) is 10.0. The molecule has 88 valence electrons. The van der Waals surface area contributed by atoms with Crippen LogP contribution in [-0.4, -0.2) is 22.7 Å². The number of aliphatic carboxylic acids is 1. The molecule has 0 aliphatic carbocycles. The molecule has 16 heavy (non-hydrogen) atoms. The molecule has 2 N–H and O–H groups in total. The normalized spacial score (nSPS) is 13.4. The van der Waals surface area contributed by atoms with Crippen molar-refractivity contribution in [1.82, 2.24) is 5.32 Å². The highest BCUT2D eigenvalue weighted by molar-refractivity contribution is 5.74. The number of carboxylic acids is 1. The number of hydrogen-bond donors (Lipinski definition) is 2. The van der Waals surface area contributed by atoms with Crippen LogP contribution < -0.4 is 5.32 Å². The molecule has 0 aliphatic heterocycles. The van der Waals surface area contributed by atoms with Crippen LogP contribution >= 0.6 is 0 Å². The molecule has 0 saturated heterocycles. The Morgan fingerprint density at radius 2 is 1.88 bits per heavy atom. The summed E-state index contributed by atoms with van der Waals surface area (Å²) in [5, 5.41) is 12.2. The third-order valence-electron chi connectivity index (χ3n) is 2.19. The fraction of sp³-hybridized carbons (Fsp3) is 0.462. The molecule has 0 saturated carbocycles. The molecular formula is C13H19NO2. The van der Waals surface area contributed by atoms with E-state index >= 15 is 0 Å². The van der Waals surface area contributed by atoms with Crippen LogP contribution in [0.3, 0.4) is 0 Å². The predicted octanol–water partition coefficient (Wildman–Crippen LogP) is 2.07. The van der Waals surface area contributed by atoms with E-state index in [1.165, 1.54) is 0 Å². The maximum absolute atomic E-state index is 11.1. The van der Waals surface area contributed by atoms with E-state index in [0.29, 0.717) is 6.42 Å². The largest absolute Gasteiger partial charge is 0.480 e. The van der Waals surface area contributed by atoms with Gasteiger partial charge in [-0.25, -0.2) is 0 Å². The molecular weight excluding hydrogens is 202 g/mol. The van der Waals surface area contributed by atoms with E-state index in [9.17, 15) is 4.79 Å². The Balaban J connectivity index is 2.70. The van der Waals surface area contributed by atoms with Crippen molar-refractivity contribution in [2.45, 2.75) is 38.8 Å². The maximum Gasteiger partial charge on any atom is 0.321 e. The molecule has 0 radical (unpaired) electrons. The van der Waals surface area contributed by atoms with Gasteiger partial charge in [-0.1, -0.05) is 30.3 Å². The molecule has 1 aromatic carbocycles. The van der Waals surface area contributed by atoms with Crippen molar-refractivity contribution in [1.29, 1.82) is 0 Å². The number of nitrogens with one attached hydrogen (secondary N) is 1. The van der Waals surface area contributed by atoms with E-state index in [1.807, 2.05) is 51.1 Å². The lowest BCUT2D eigenvalue weighted by molar-refractivity contribution is -0.140. The number of benzene rings is 1. The van der Waals surface area contributed by atoms with E-state index in [0.717, 1.165) is 5.56 Å². The minimum Gasteiger partial charge on any atom is -0.480 e. The summed E-state index contributed by atoms with van der Waals surface area (Å²) in [6.07, 6.45) is 0.507. The predicted molar refractivity (Wildman–Crippen MR) is 64.5 cm³/mol. The molecule has 0 unspecified atom stereocenters. The second-order valence-electron chi connectivity index (χ2n) is 4.97. The van der Waals surface area contributed by atoms with Crippen LogP contribution in [0.15, 0.2) is 30.3 Å². The average molecular weight is 221 g/mol. The molecule has 0 spiro atoms. The number of carbonyl (C=O) groups is 1. The van der Waals surface area contributed by atoms with Gasteiger partial charge >= 0.3 is 5.97 Å². The number of carboxylic acid groups (broad SMARTS) is 1. The van der Waals surface area contributed by atoms with Crippen LogP contribution in [-0.2, 0) is 11.2 Å². The minimum absolute atomic E-state index is 0.197. The molecule has 0 fully saturated rings. The van der Waals surface area contributed by atoms with Gasteiger partial charge in [-0.15, -0.1) is 0 Å². The monoisotopic (exact) mass is 221 g/mol. The second kappa shape index (κ2) is 5.12. The van der Waals surface area contributed by atoms with Crippen LogP contribution in [0.2, 0.25) is 0 Å². The third-order valence-corrected chi connectivity index (χ3v) is 2.19. The van der Waals surface area contributed by atoms with Crippen molar-refractivity contribution in [3.63, 3.8) is 0 Å². The summed E-state index contributed by atoms with van der Waals surface area (Å²) in [6, 6.07) is 9.12. The molecule has 3 nitrogen and oxygen atoms in total. The van der Waals surface area contributed by atoms with Gasteiger partial charge in [0.1, 0.15) is 6.04 Å². The van der Waals surface area contributed by atoms with Crippen molar-refractivity contribution in [3.05, 3.63) is 35.9 Å². The van der Waals surface area contributed by atoms with Crippen molar-refractivity contribution in [3.8, 4) is 0 Å². The lowest BCUT2D eigenvalue weighted by atomic mass is 10.0. The quantitative estimate of drug-likeness (QED) is 0.818. The first-order chi connectivity index (χ1) is 7.38. The molecule has 1 rings (SSSR count). The Bertz CT molecular complexity index is 341. The van der Waals surface area contributed by atoms with Gasteiger partial charge in [-0.2, -0.15) is 0 Å². The smallest absolute Gasteiger partial charge is 0.321 e. The van der Waals surface area contributed by atoms with Gasteiger partial charge in [-0.3, -0.25) is 10.1 Å². The molecule has 0 aliphatic rings. The van der Waals surface area contributed by atoms with Crippen LogP contribution in [0.1, 0.15) is 26.3 Å².